The summed E-state index contributed by atoms with van der Waals surface area (Å²) in [4.78, 5) is 0. The summed E-state index contributed by atoms with van der Waals surface area (Å²) >= 11 is 0. The molecule has 0 saturated heterocycles. The van der Waals surface area contributed by atoms with Gasteiger partial charge in [0.2, 0.25) is 0 Å². The molecule has 0 saturated carbocycles. The topological polar surface area (TPSA) is 44.0 Å². The number of hydrogen-bond acceptors (Lipinski definition) is 2. The molecule has 0 spiro atoms. The molecule has 1 aromatic carbocycles. The van der Waals surface area contributed by atoms with Crippen LogP contribution in [-0.2, 0) is 26.2 Å². The summed E-state index contributed by atoms with van der Waals surface area (Å²) in [6.45, 7) is 0. The molecule has 0 aliphatic rings. The molecule has 2 nitrogen and oxygen atoms in total. The van der Waals surface area contributed by atoms with Gasteiger partial charge in [-0.15, -0.1) is 0 Å². The van der Waals surface area contributed by atoms with Crippen molar-refractivity contribution in [2.24, 2.45) is 0 Å². The summed E-state index contributed by atoms with van der Waals surface area (Å²) in [7, 11) is 0. The number of phenolic OH excluding ortho intramolecular Hbond substituents is 1. The molecule has 1 rings (SSSR count). The summed E-state index contributed by atoms with van der Waals surface area (Å²) in [5, 5.41) is 17.2. The Morgan fingerprint density at radius 1 is 1.30 bits per heavy atom. The average molecular weight is 210 g/mol. The van der Waals surface area contributed by atoms with Gasteiger partial charge in [0.1, 0.15) is 11.8 Å². The van der Waals surface area contributed by atoms with E-state index in [-0.39, 0.29) is 32.0 Å². The van der Waals surface area contributed by atoms with Gasteiger partial charge < -0.3 is 5.11 Å². The van der Waals surface area contributed by atoms with Gasteiger partial charge in [-0.3, -0.25) is 0 Å². The fraction of sp³-hybridized carbons (Fsp3) is 0. The van der Waals surface area contributed by atoms with E-state index in [1.807, 2.05) is 6.07 Å². The van der Waals surface area contributed by atoms with E-state index in [1.165, 1.54) is 6.07 Å². The number of rotatable bonds is 0. The molecule has 1 N–H and O–H groups in total. The van der Waals surface area contributed by atoms with E-state index in [9.17, 15) is 0 Å². The summed E-state index contributed by atoms with van der Waals surface area (Å²) in [6.07, 6.45) is 0. The molecule has 1 aromatic rings. The monoisotopic (exact) mass is 209 g/mol. The minimum absolute atomic E-state index is 0. The second-order valence-corrected chi connectivity index (χ2v) is 1.63. The predicted molar refractivity (Wildman–Crippen MR) is 32.8 cm³/mol. The van der Waals surface area contributed by atoms with Crippen molar-refractivity contribution in [2.45, 2.75) is 0 Å². The molecule has 0 fully saturated rings. The molecule has 0 aliphatic heterocycles. The molecule has 0 heterocycles. The molecular formula is C7H5NOZr. The van der Waals surface area contributed by atoms with E-state index in [4.69, 9.17) is 10.4 Å². The van der Waals surface area contributed by atoms with E-state index in [2.05, 4.69) is 0 Å². The second-order valence-electron chi connectivity index (χ2n) is 1.63. The van der Waals surface area contributed by atoms with Crippen molar-refractivity contribution in [3.8, 4) is 11.8 Å². The van der Waals surface area contributed by atoms with Crippen LogP contribution in [0, 0.1) is 11.3 Å². The van der Waals surface area contributed by atoms with Crippen LogP contribution in [0.3, 0.4) is 0 Å². The summed E-state index contributed by atoms with van der Waals surface area (Å²) in [5.74, 6) is 0.0417. The average Bonchev–Trinajstić information content (AvgIpc) is 1.89. The number of benzene rings is 1. The number of para-hydroxylation sites is 1. The van der Waals surface area contributed by atoms with E-state index in [0.717, 1.165) is 0 Å². The van der Waals surface area contributed by atoms with Crippen molar-refractivity contribution in [1.82, 2.24) is 0 Å². The van der Waals surface area contributed by atoms with Crippen LogP contribution < -0.4 is 0 Å². The normalized spacial score (nSPS) is 7.50. The van der Waals surface area contributed by atoms with Gasteiger partial charge in [0, 0.05) is 26.2 Å². The molecule has 0 unspecified atom stereocenters. The SMILES string of the molecule is N#Cc1ccccc1O.[Zr]. The third kappa shape index (κ3) is 1.97. The molecular weight excluding hydrogens is 205 g/mol. The third-order valence-corrected chi connectivity index (χ3v) is 1.02. The van der Waals surface area contributed by atoms with Crippen molar-refractivity contribution in [3.05, 3.63) is 29.8 Å². The van der Waals surface area contributed by atoms with Gasteiger partial charge in [-0.2, -0.15) is 5.26 Å². The van der Waals surface area contributed by atoms with Crippen molar-refractivity contribution >= 4 is 0 Å². The molecule has 48 valence electrons. The maximum Gasteiger partial charge on any atom is 0.133 e. The maximum atomic E-state index is 8.89. The standard InChI is InChI=1S/C7H5NO.Zr/c8-5-6-3-1-2-4-7(6)9;/h1-4,9H;. The number of aromatic hydroxyl groups is 1. The first kappa shape index (κ1) is 9.39. The quantitative estimate of drug-likeness (QED) is 0.700. The van der Waals surface area contributed by atoms with E-state index < -0.39 is 0 Å². The molecule has 0 bridgehead atoms. The van der Waals surface area contributed by atoms with Gasteiger partial charge in [0.25, 0.3) is 0 Å². The Bertz CT molecular complexity index is 254. The Balaban J connectivity index is 0.000000810. The van der Waals surface area contributed by atoms with Crippen LogP contribution in [0.25, 0.3) is 0 Å². The zero-order valence-electron chi connectivity index (χ0n) is 5.20. The van der Waals surface area contributed by atoms with Gasteiger partial charge >= 0.3 is 0 Å². The van der Waals surface area contributed by atoms with Gasteiger partial charge in [-0.25, -0.2) is 0 Å². The Hall–Kier alpha value is -0.607. The number of nitrogens with zero attached hydrogens (tertiary/aromatic N) is 1. The van der Waals surface area contributed by atoms with Gasteiger partial charge in [0.15, 0.2) is 0 Å². The van der Waals surface area contributed by atoms with E-state index >= 15 is 0 Å². The first-order chi connectivity index (χ1) is 4.34. The van der Waals surface area contributed by atoms with Gasteiger partial charge in [0.05, 0.1) is 5.56 Å². The van der Waals surface area contributed by atoms with Crippen LogP contribution in [0.5, 0.6) is 5.75 Å². The van der Waals surface area contributed by atoms with Crippen LogP contribution in [0.2, 0.25) is 0 Å². The molecule has 0 aliphatic carbocycles. The van der Waals surface area contributed by atoms with Crippen molar-refractivity contribution in [2.75, 3.05) is 0 Å². The smallest absolute Gasteiger partial charge is 0.133 e. The fourth-order valence-electron chi connectivity index (χ4n) is 0.568. The number of nitriles is 1. The minimum Gasteiger partial charge on any atom is -0.507 e. The second kappa shape index (κ2) is 4.25. The van der Waals surface area contributed by atoms with Crippen molar-refractivity contribution < 1.29 is 31.3 Å². The maximum absolute atomic E-state index is 8.89. The van der Waals surface area contributed by atoms with Gasteiger partial charge in [-0.05, 0) is 12.1 Å². The molecule has 0 radical (unpaired) electrons. The Labute approximate surface area is 78.2 Å². The molecule has 0 aromatic heterocycles. The summed E-state index contributed by atoms with van der Waals surface area (Å²) in [6, 6.07) is 8.28. The largest absolute Gasteiger partial charge is 0.507 e. The molecule has 3 heteroatoms. The van der Waals surface area contributed by atoms with Crippen LogP contribution in [0.1, 0.15) is 5.56 Å². The van der Waals surface area contributed by atoms with Crippen molar-refractivity contribution in [3.63, 3.8) is 0 Å². The summed E-state index contributed by atoms with van der Waals surface area (Å²) < 4.78 is 0. The van der Waals surface area contributed by atoms with Crippen LogP contribution in [0.4, 0.5) is 0 Å². The van der Waals surface area contributed by atoms with Crippen LogP contribution in [0.15, 0.2) is 24.3 Å². The minimum atomic E-state index is 0. The van der Waals surface area contributed by atoms with Gasteiger partial charge in [-0.1, -0.05) is 12.1 Å². The number of phenols is 1. The van der Waals surface area contributed by atoms with Crippen LogP contribution >= 0.6 is 0 Å². The van der Waals surface area contributed by atoms with E-state index in [1.54, 1.807) is 18.2 Å². The zero-order chi connectivity index (χ0) is 6.69. The third-order valence-electron chi connectivity index (χ3n) is 1.02. The summed E-state index contributed by atoms with van der Waals surface area (Å²) in [5.41, 5.74) is 0.317. The Morgan fingerprint density at radius 3 is 2.30 bits per heavy atom. The first-order valence-corrected chi connectivity index (χ1v) is 2.52. The molecule has 0 atom stereocenters. The number of hydrogen-bond donors (Lipinski definition) is 1. The van der Waals surface area contributed by atoms with E-state index in [0.29, 0.717) is 5.56 Å². The molecule has 10 heavy (non-hydrogen) atoms. The zero-order valence-corrected chi connectivity index (χ0v) is 7.66. The van der Waals surface area contributed by atoms with Crippen molar-refractivity contribution in [1.29, 1.82) is 5.26 Å². The first-order valence-electron chi connectivity index (χ1n) is 2.52. The predicted octanol–water partition coefficient (Wildman–Crippen LogP) is 1.26. The Morgan fingerprint density at radius 2 is 1.90 bits per heavy atom. The molecule has 0 amide bonds. The fourth-order valence-corrected chi connectivity index (χ4v) is 0.568. The Kier molecular flexibility index (Phi) is 3.99. The van der Waals surface area contributed by atoms with Crippen LogP contribution in [-0.4, -0.2) is 5.11 Å².